The molecule has 1 unspecified atom stereocenters. The molecule has 5 nitrogen and oxygen atoms in total. The number of hydrogen-bond acceptors (Lipinski definition) is 4. The smallest absolute Gasteiger partial charge is 0.225 e. The van der Waals surface area contributed by atoms with Gasteiger partial charge in [-0.1, -0.05) is 6.92 Å². The second-order valence-electron chi connectivity index (χ2n) is 5.31. The van der Waals surface area contributed by atoms with Crippen LogP contribution in [0.2, 0.25) is 0 Å². The van der Waals surface area contributed by atoms with E-state index in [-0.39, 0.29) is 11.9 Å². The highest BCUT2D eigenvalue weighted by atomic mass is 32.1. The molecule has 2 aromatic heterocycles. The molecule has 0 aliphatic carbocycles. The monoisotopic (exact) mass is 306 g/mol. The summed E-state index contributed by atoms with van der Waals surface area (Å²) in [6.07, 6.45) is 1.19. The molecule has 0 bridgehead atoms. The van der Waals surface area contributed by atoms with E-state index in [1.54, 1.807) is 11.3 Å². The Bertz CT molecular complexity index is 605. The number of aromatic nitrogens is 3. The highest BCUT2D eigenvalue weighted by Crippen LogP contribution is 2.25. The molecule has 2 aromatic rings. The first-order chi connectivity index (χ1) is 9.92. The summed E-state index contributed by atoms with van der Waals surface area (Å²) in [5.74, 6) is 0.0138. The number of nitrogens with zero attached hydrogens (tertiary/aromatic N) is 2. The Kier molecular flexibility index (Phi) is 4.77. The molecule has 0 fully saturated rings. The molecule has 2 heterocycles. The van der Waals surface area contributed by atoms with Crippen LogP contribution in [0.5, 0.6) is 0 Å². The Labute approximate surface area is 129 Å². The van der Waals surface area contributed by atoms with Gasteiger partial charge >= 0.3 is 0 Å². The summed E-state index contributed by atoms with van der Waals surface area (Å²) in [7, 11) is 0. The van der Waals surface area contributed by atoms with Gasteiger partial charge in [0.15, 0.2) is 0 Å². The summed E-state index contributed by atoms with van der Waals surface area (Å²) < 4.78 is 0. The molecule has 0 saturated carbocycles. The maximum absolute atomic E-state index is 12.3. The van der Waals surface area contributed by atoms with E-state index in [2.05, 4.69) is 34.3 Å². The van der Waals surface area contributed by atoms with Crippen molar-refractivity contribution in [2.24, 2.45) is 0 Å². The molecule has 1 atom stereocenters. The van der Waals surface area contributed by atoms with E-state index >= 15 is 0 Å². The maximum atomic E-state index is 12.3. The normalized spacial score (nSPS) is 12.4. The Balaban J connectivity index is 2.06. The van der Waals surface area contributed by atoms with Crippen LogP contribution in [-0.2, 0) is 11.2 Å². The van der Waals surface area contributed by atoms with Crippen molar-refractivity contribution in [3.8, 4) is 0 Å². The third-order valence-electron chi connectivity index (χ3n) is 3.70. The summed E-state index contributed by atoms with van der Waals surface area (Å²) in [5, 5.41) is 11.1. The average molecular weight is 306 g/mol. The summed E-state index contributed by atoms with van der Waals surface area (Å²) in [4.78, 5) is 18.0. The second-order valence-corrected chi connectivity index (χ2v) is 6.55. The Morgan fingerprint density at radius 2 is 2.00 bits per heavy atom. The zero-order chi connectivity index (χ0) is 15.6. The van der Waals surface area contributed by atoms with Crippen LogP contribution in [0.4, 0.5) is 0 Å². The predicted molar refractivity (Wildman–Crippen MR) is 84.5 cm³/mol. The molecule has 114 valence electrons. The zero-order valence-corrected chi connectivity index (χ0v) is 14.0. The van der Waals surface area contributed by atoms with Gasteiger partial charge in [-0.25, -0.2) is 4.98 Å². The van der Waals surface area contributed by atoms with E-state index < -0.39 is 0 Å². The number of carbonyl (C=O) groups is 1. The van der Waals surface area contributed by atoms with Crippen LogP contribution in [-0.4, -0.2) is 21.1 Å². The maximum Gasteiger partial charge on any atom is 0.225 e. The van der Waals surface area contributed by atoms with E-state index in [4.69, 9.17) is 0 Å². The molecular formula is C15H22N4OS. The van der Waals surface area contributed by atoms with Crippen LogP contribution in [0, 0.1) is 27.7 Å². The standard InChI is InChI=1S/C15H22N4OS/c1-6-13(15-16-8(2)11(5)21-15)17-14(20)7-12-9(3)18-19-10(12)4/h13H,6-7H2,1-5H3,(H,17,20)(H,18,19). The lowest BCUT2D eigenvalue weighted by molar-refractivity contribution is -0.121. The minimum Gasteiger partial charge on any atom is -0.347 e. The SMILES string of the molecule is CCC(NC(=O)Cc1c(C)n[nH]c1C)c1nc(C)c(C)s1. The van der Waals surface area contributed by atoms with Gasteiger partial charge in [0, 0.05) is 16.1 Å². The third kappa shape index (κ3) is 3.50. The van der Waals surface area contributed by atoms with Crippen molar-refractivity contribution in [3.63, 3.8) is 0 Å². The third-order valence-corrected chi connectivity index (χ3v) is 4.89. The van der Waals surface area contributed by atoms with Gasteiger partial charge in [0.2, 0.25) is 5.91 Å². The van der Waals surface area contributed by atoms with Crippen molar-refractivity contribution in [3.05, 3.63) is 32.5 Å². The van der Waals surface area contributed by atoms with Crippen LogP contribution in [0.3, 0.4) is 0 Å². The molecule has 0 aliphatic heterocycles. The predicted octanol–water partition coefficient (Wildman–Crippen LogP) is 2.91. The lowest BCUT2D eigenvalue weighted by Crippen LogP contribution is -2.29. The summed E-state index contributed by atoms with van der Waals surface area (Å²) >= 11 is 1.66. The topological polar surface area (TPSA) is 70.7 Å². The van der Waals surface area contributed by atoms with Crippen molar-refractivity contribution in [1.82, 2.24) is 20.5 Å². The molecule has 21 heavy (non-hydrogen) atoms. The van der Waals surface area contributed by atoms with Gasteiger partial charge in [0.1, 0.15) is 5.01 Å². The minimum atomic E-state index is -0.0117. The zero-order valence-electron chi connectivity index (χ0n) is 13.2. The number of carbonyl (C=O) groups excluding carboxylic acids is 1. The van der Waals surface area contributed by atoms with Crippen molar-refractivity contribution in [2.45, 2.75) is 53.5 Å². The number of amides is 1. The minimum absolute atomic E-state index is 0.0117. The molecule has 0 spiro atoms. The molecule has 2 N–H and O–H groups in total. The number of aryl methyl sites for hydroxylation is 4. The summed E-state index contributed by atoms with van der Waals surface area (Å²) in [6.45, 7) is 9.97. The first-order valence-corrected chi connectivity index (χ1v) is 7.97. The Hall–Kier alpha value is -1.69. The van der Waals surface area contributed by atoms with Gasteiger partial charge in [-0.3, -0.25) is 9.89 Å². The van der Waals surface area contributed by atoms with Crippen LogP contribution in [0.15, 0.2) is 0 Å². The molecular weight excluding hydrogens is 284 g/mol. The van der Waals surface area contributed by atoms with E-state index in [0.717, 1.165) is 34.1 Å². The number of aromatic amines is 1. The molecule has 1 amide bonds. The molecule has 6 heteroatoms. The number of thiazole rings is 1. The molecule has 2 rings (SSSR count). The molecule has 0 saturated heterocycles. The van der Waals surface area contributed by atoms with Crippen LogP contribution in [0.25, 0.3) is 0 Å². The van der Waals surface area contributed by atoms with Gasteiger partial charge in [0.25, 0.3) is 0 Å². The van der Waals surface area contributed by atoms with Crippen LogP contribution in [0.1, 0.15) is 51.9 Å². The average Bonchev–Trinajstić information content (AvgIpc) is 2.93. The number of rotatable bonds is 5. The summed E-state index contributed by atoms with van der Waals surface area (Å²) in [5.41, 5.74) is 3.87. The Morgan fingerprint density at radius 3 is 2.48 bits per heavy atom. The van der Waals surface area contributed by atoms with Crippen molar-refractivity contribution in [2.75, 3.05) is 0 Å². The van der Waals surface area contributed by atoms with Crippen molar-refractivity contribution >= 4 is 17.2 Å². The number of H-pyrrole nitrogens is 1. The summed E-state index contributed by atoms with van der Waals surface area (Å²) in [6, 6.07) is -0.0117. The van der Waals surface area contributed by atoms with Gasteiger partial charge in [0.05, 0.1) is 23.9 Å². The lowest BCUT2D eigenvalue weighted by atomic mass is 10.1. The van der Waals surface area contributed by atoms with Gasteiger partial charge in [-0.15, -0.1) is 11.3 Å². The van der Waals surface area contributed by atoms with Crippen molar-refractivity contribution in [1.29, 1.82) is 0 Å². The highest BCUT2D eigenvalue weighted by molar-refractivity contribution is 7.11. The van der Waals surface area contributed by atoms with Crippen molar-refractivity contribution < 1.29 is 4.79 Å². The highest BCUT2D eigenvalue weighted by Gasteiger charge is 2.19. The fourth-order valence-corrected chi connectivity index (χ4v) is 3.28. The van der Waals surface area contributed by atoms with E-state index in [1.807, 2.05) is 20.8 Å². The lowest BCUT2D eigenvalue weighted by Gasteiger charge is -2.14. The first kappa shape index (κ1) is 15.7. The largest absolute Gasteiger partial charge is 0.347 e. The van der Waals surface area contributed by atoms with E-state index in [1.165, 1.54) is 4.88 Å². The van der Waals surface area contributed by atoms with Crippen LogP contribution >= 0.6 is 11.3 Å². The fraction of sp³-hybridized carbons (Fsp3) is 0.533. The van der Waals surface area contributed by atoms with Gasteiger partial charge < -0.3 is 5.32 Å². The Morgan fingerprint density at radius 1 is 1.29 bits per heavy atom. The molecule has 0 aromatic carbocycles. The van der Waals surface area contributed by atoms with Gasteiger partial charge in [-0.05, 0) is 34.1 Å². The van der Waals surface area contributed by atoms with Gasteiger partial charge in [-0.2, -0.15) is 5.10 Å². The quantitative estimate of drug-likeness (QED) is 0.892. The molecule has 0 aliphatic rings. The number of nitrogens with one attached hydrogen (secondary N) is 2. The second kappa shape index (κ2) is 6.39. The van der Waals surface area contributed by atoms with Crippen LogP contribution < -0.4 is 5.32 Å². The fourth-order valence-electron chi connectivity index (χ4n) is 2.23. The first-order valence-electron chi connectivity index (χ1n) is 7.16. The molecule has 0 radical (unpaired) electrons. The van der Waals surface area contributed by atoms with E-state index in [0.29, 0.717) is 6.42 Å². The van der Waals surface area contributed by atoms with E-state index in [9.17, 15) is 4.79 Å². The number of hydrogen-bond donors (Lipinski definition) is 2.